The minimum atomic E-state index is -3.75. The average Bonchev–Trinajstić information content (AvgIpc) is 2.95. The highest BCUT2D eigenvalue weighted by atomic mass is 32.2. The number of para-hydroxylation sites is 1. The van der Waals surface area contributed by atoms with Crippen molar-refractivity contribution in [2.45, 2.75) is 24.7 Å². The van der Waals surface area contributed by atoms with Crippen LogP contribution in [0.5, 0.6) is 0 Å². The average molecular weight is 346 g/mol. The molecule has 0 atom stereocenters. The third-order valence-electron chi connectivity index (χ3n) is 3.74. The Morgan fingerprint density at radius 2 is 1.88 bits per heavy atom. The molecule has 0 saturated heterocycles. The number of aromatic amines is 1. The number of fused-ring (bicyclic) bond motifs is 1. The monoisotopic (exact) mass is 346 g/mol. The molecule has 0 bridgehead atoms. The number of H-pyrrole nitrogens is 1. The molecule has 0 fully saturated rings. The van der Waals surface area contributed by atoms with Crippen molar-refractivity contribution in [2.24, 2.45) is 0 Å². The fourth-order valence-corrected chi connectivity index (χ4v) is 4.02. The Labute approximate surface area is 139 Å². The minimum Gasteiger partial charge on any atom is -0.408 e. The maximum atomic E-state index is 13.1. The molecule has 0 aliphatic rings. The number of nitrogens with one attached hydrogen (secondary N) is 1. The van der Waals surface area contributed by atoms with Crippen molar-refractivity contribution in [3.63, 3.8) is 0 Å². The highest BCUT2D eigenvalue weighted by Crippen LogP contribution is 2.25. The van der Waals surface area contributed by atoms with Gasteiger partial charge in [0.15, 0.2) is 5.58 Å². The van der Waals surface area contributed by atoms with Gasteiger partial charge >= 0.3 is 5.76 Å². The second-order valence-corrected chi connectivity index (χ2v) is 7.30. The van der Waals surface area contributed by atoms with Crippen LogP contribution in [0.4, 0.5) is 5.69 Å². The summed E-state index contributed by atoms with van der Waals surface area (Å²) in [5.74, 6) is -0.606. The maximum Gasteiger partial charge on any atom is 0.417 e. The summed E-state index contributed by atoms with van der Waals surface area (Å²) in [7, 11) is -3.75. The molecule has 0 unspecified atom stereocenters. The number of aromatic nitrogens is 1. The Bertz CT molecular complexity index is 990. The van der Waals surface area contributed by atoms with Gasteiger partial charge in [0.05, 0.1) is 16.1 Å². The SMILES string of the molecule is CCCCN(c1ccccc1)S(=O)(=O)c1ccc2[nH]c(=O)oc2c1. The van der Waals surface area contributed by atoms with Crippen molar-refractivity contribution < 1.29 is 12.8 Å². The summed E-state index contributed by atoms with van der Waals surface area (Å²) in [4.78, 5) is 13.9. The van der Waals surface area contributed by atoms with E-state index in [1.165, 1.54) is 22.5 Å². The summed E-state index contributed by atoms with van der Waals surface area (Å²) in [6.07, 6.45) is 1.63. The molecule has 1 heterocycles. The Hall–Kier alpha value is -2.54. The summed E-state index contributed by atoms with van der Waals surface area (Å²) in [6.45, 7) is 2.40. The van der Waals surface area contributed by atoms with Crippen molar-refractivity contribution in [1.82, 2.24) is 4.98 Å². The Morgan fingerprint density at radius 3 is 2.58 bits per heavy atom. The van der Waals surface area contributed by atoms with Gasteiger partial charge in [-0.3, -0.25) is 9.29 Å². The van der Waals surface area contributed by atoms with Gasteiger partial charge in [0.1, 0.15) is 0 Å². The molecule has 24 heavy (non-hydrogen) atoms. The van der Waals surface area contributed by atoms with Gasteiger partial charge < -0.3 is 4.42 Å². The van der Waals surface area contributed by atoms with E-state index in [1.807, 2.05) is 13.0 Å². The van der Waals surface area contributed by atoms with Crippen LogP contribution >= 0.6 is 0 Å². The third kappa shape index (κ3) is 3.07. The van der Waals surface area contributed by atoms with E-state index in [2.05, 4.69) is 4.98 Å². The molecule has 126 valence electrons. The highest BCUT2D eigenvalue weighted by molar-refractivity contribution is 7.92. The van der Waals surface area contributed by atoms with Crippen LogP contribution in [0.1, 0.15) is 19.8 Å². The van der Waals surface area contributed by atoms with Crippen LogP contribution in [-0.2, 0) is 10.0 Å². The molecular formula is C17H18N2O4S. The molecule has 3 aromatic rings. The van der Waals surface area contributed by atoms with E-state index in [0.29, 0.717) is 17.7 Å². The Balaban J connectivity index is 2.07. The van der Waals surface area contributed by atoms with Crippen molar-refractivity contribution in [2.75, 3.05) is 10.8 Å². The number of rotatable bonds is 6. The highest BCUT2D eigenvalue weighted by Gasteiger charge is 2.25. The second-order valence-electron chi connectivity index (χ2n) is 5.44. The predicted octanol–water partition coefficient (Wildman–Crippen LogP) is 3.12. The molecule has 2 aromatic carbocycles. The Morgan fingerprint density at radius 1 is 1.12 bits per heavy atom. The van der Waals surface area contributed by atoms with E-state index in [0.717, 1.165) is 12.8 Å². The molecule has 0 aliphatic carbocycles. The third-order valence-corrected chi connectivity index (χ3v) is 5.56. The number of hydrogen-bond acceptors (Lipinski definition) is 4. The van der Waals surface area contributed by atoms with Crippen LogP contribution in [0, 0.1) is 0 Å². The molecule has 7 heteroatoms. The number of sulfonamides is 1. The number of benzene rings is 2. The molecule has 6 nitrogen and oxygen atoms in total. The van der Waals surface area contributed by atoms with Crippen molar-refractivity contribution in [1.29, 1.82) is 0 Å². The van der Waals surface area contributed by atoms with Crippen LogP contribution in [0.3, 0.4) is 0 Å². The molecule has 0 saturated carbocycles. The van der Waals surface area contributed by atoms with Gasteiger partial charge in [-0.15, -0.1) is 0 Å². The summed E-state index contributed by atoms with van der Waals surface area (Å²) in [6, 6.07) is 13.4. The standard InChI is InChI=1S/C17H18N2O4S/c1-2-3-11-19(13-7-5-4-6-8-13)24(21,22)14-9-10-15-16(12-14)23-17(20)18-15/h4-10,12H,2-3,11H2,1H3,(H,18,20). The number of unbranched alkanes of at least 4 members (excludes halogenated alkanes) is 1. The summed E-state index contributed by atoms with van der Waals surface area (Å²) in [5, 5.41) is 0. The lowest BCUT2D eigenvalue weighted by Gasteiger charge is -2.24. The Kier molecular flexibility index (Phi) is 4.44. The van der Waals surface area contributed by atoms with Crippen molar-refractivity contribution in [3.8, 4) is 0 Å². The van der Waals surface area contributed by atoms with E-state index >= 15 is 0 Å². The first-order valence-corrected chi connectivity index (χ1v) is 9.17. The van der Waals surface area contributed by atoms with Gasteiger partial charge in [0.2, 0.25) is 0 Å². The van der Waals surface area contributed by atoms with E-state index in [9.17, 15) is 13.2 Å². The molecular weight excluding hydrogens is 328 g/mol. The van der Waals surface area contributed by atoms with E-state index in [4.69, 9.17) is 4.42 Å². The molecule has 0 amide bonds. The lowest BCUT2D eigenvalue weighted by Crippen LogP contribution is -2.32. The summed E-state index contributed by atoms with van der Waals surface area (Å²) >= 11 is 0. The van der Waals surface area contributed by atoms with E-state index in [-0.39, 0.29) is 10.5 Å². The van der Waals surface area contributed by atoms with Gasteiger partial charge in [-0.1, -0.05) is 31.5 Å². The van der Waals surface area contributed by atoms with Crippen LogP contribution in [0.2, 0.25) is 0 Å². The second kappa shape index (κ2) is 6.52. The smallest absolute Gasteiger partial charge is 0.408 e. The maximum absolute atomic E-state index is 13.1. The largest absolute Gasteiger partial charge is 0.417 e. The van der Waals surface area contributed by atoms with Gasteiger partial charge in [-0.25, -0.2) is 13.2 Å². The lowest BCUT2D eigenvalue weighted by molar-refractivity contribution is 0.553. The zero-order valence-electron chi connectivity index (χ0n) is 13.2. The fourth-order valence-electron chi connectivity index (χ4n) is 2.50. The molecule has 0 aliphatic heterocycles. The fraction of sp³-hybridized carbons (Fsp3) is 0.235. The zero-order chi connectivity index (χ0) is 17.2. The minimum absolute atomic E-state index is 0.0951. The van der Waals surface area contributed by atoms with Gasteiger partial charge in [0, 0.05) is 12.6 Å². The predicted molar refractivity (Wildman–Crippen MR) is 92.7 cm³/mol. The van der Waals surface area contributed by atoms with Crippen LogP contribution in [0.15, 0.2) is 62.6 Å². The van der Waals surface area contributed by atoms with Gasteiger partial charge in [0.25, 0.3) is 10.0 Å². The van der Waals surface area contributed by atoms with E-state index in [1.54, 1.807) is 24.3 Å². The molecule has 0 spiro atoms. The van der Waals surface area contributed by atoms with Crippen LogP contribution in [-0.4, -0.2) is 19.9 Å². The number of nitrogens with zero attached hydrogens (tertiary/aromatic N) is 1. The number of hydrogen-bond donors (Lipinski definition) is 1. The topological polar surface area (TPSA) is 83.4 Å². The summed E-state index contributed by atoms with van der Waals surface area (Å²) in [5.41, 5.74) is 1.31. The first-order chi connectivity index (χ1) is 11.5. The molecule has 0 radical (unpaired) electrons. The quantitative estimate of drug-likeness (QED) is 0.743. The van der Waals surface area contributed by atoms with Crippen LogP contribution in [0.25, 0.3) is 11.1 Å². The molecule has 1 N–H and O–H groups in total. The van der Waals surface area contributed by atoms with Crippen molar-refractivity contribution >= 4 is 26.8 Å². The first-order valence-electron chi connectivity index (χ1n) is 7.73. The number of anilines is 1. The number of oxazole rings is 1. The molecule has 1 aromatic heterocycles. The zero-order valence-corrected chi connectivity index (χ0v) is 14.0. The first kappa shape index (κ1) is 16.3. The lowest BCUT2D eigenvalue weighted by atomic mass is 10.3. The van der Waals surface area contributed by atoms with Crippen molar-refractivity contribution in [3.05, 3.63) is 59.1 Å². The summed E-state index contributed by atoms with van der Waals surface area (Å²) < 4.78 is 32.5. The van der Waals surface area contributed by atoms with Gasteiger partial charge in [-0.2, -0.15) is 0 Å². The van der Waals surface area contributed by atoms with Gasteiger partial charge in [-0.05, 0) is 30.7 Å². The molecule has 3 rings (SSSR count). The van der Waals surface area contributed by atoms with Crippen LogP contribution < -0.4 is 10.1 Å². The normalized spacial score (nSPS) is 11.7. The van der Waals surface area contributed by atoms with E-state index < -0.39 is 15.8 Å².